The van der Waals surface area contributed by atoms with Crippen LogP contribution in [-0.4, -0.2) is 11.7 Å². The highest BCUT2D eigenvalue weighted by Gasteiger charge is 2.35. The van der Waals surface area contributed by atoms with Crippen molar-refractivity contribution in [2.75, 3.05) is 6.61 Å². The van der Waals surface area contributed by atoms with Gasteiger partial charge in [-0.05, 0) is 24.1 Å². The van der Waals surface area contributed by atoms with Crippen molar-refractivity contribution in [3.05, 3.63) is 34.3 Å². The Bertz CT molecular complexity index is 368. The van der Waals surface area contributed by atoms with E-state index in [1.54, 1.807) is 0 Å². The van der Waals surface area contributed by atoms with Gasteiger partial charge in [-0.3, -0.25) is 0 Å². The molecule has 0 aliphatic rings. The molecule has 1 aromatic carbocycles. The van der Waals surface area contributed by atoms with Crippen molar-refractivity contribution in [2.24, 2.45) is 5.73 Å². The van der Waals surface area contributed by atoms with Crippen molar-refractivity contribution < 1.29 is 18.3 Å². The van der Waals surface area contributed by atoms with Crippen LogP contribution < -0.4 is 5.73 Å². The van der Waals surface area contributed by atoms with E-state index in [4.69, 9.17) is 22.4 Å². The van der Waals surface area contributed by atoms with Crippen LogP contribution in [0, 0.1) is 0 Å². The lowest BCUT2D eigenvalue weighted by molar-refractivity contribution is -0.138. The summed E-state index contributed by atoms with van der Waals surface area (Å²) in [5, 5.41) is 8.65. The number of halogens is 4. The Kier molecular flexibility index (Phi) is 4.18. The Hall–Kier alpha value is -0.780. The molecule has 1 aromatic rings. The molecule has 6 heteroatoms. The van der Waals surface area contributed by atoms with Gasteiger partial charge in [0.25, 0.3) is 0 Å². The molecule has 0 fully saturated rings. The highest BCUT2D eigenvalue weighted by atomic mass is 35.5. The van der Waals surface area contributed by atoms with Crippen molar-refractivity contribution >= 4 is 11.6 Å². The van der Waals surface area contributed by atoms with Crippen LogP contribution in [0.4, 0.5) is 13.2 Å². The number of aliphatic hydroxyl groups is 1. The molecule has 0 unspecified atom stereocenters. The minimum Gasteiger partial charge on any atom is -0.396 e. The molecule has 0 aliphatic carbocycles. The summed E-state index contributed by atoms with van der Waals surface area (Å²) in [5.74, 6) is 0. The smallest absolute Gasteiger partial charge is 0.396 e. The molecule has 0 heterocycles. The summed E-state index contributed by atoms with van der Waals surface area (Å²) in [6.07, 6.45) is -4.46. The van der Waals surface area contributed by atoms with Gasteiger partial charge in [0.05, 0.1) is 5.56 Å². The molecular formula is C10H11ClF3NO. The van der Waals surface area contributed by atoms with Gasteiger partial charge in [0, 0.05) is 17.7 Å². The van der Waals surface area contributed by atoms with Gasteiger partial charge in [-0.2, -0.15) is 13.2 Å². The van der Waals surface area contributed by atoms with Gasteiger partial charge < -0.3 is 10.8 Å². The van der Waals surface area contributed by atoms with E-state index in [0.717, 1.165) is 6.07 Å². The number of nitrogens with two attached hydrogens (primary N) is 1. The van der Waals surface area contributed by atoms with Crippen LogP contribution in [0.1, 0.15) is 23.6 Å². The van der Waals surface area contributed by atoms with E-state index in [-0.39, 0.29) is 23.6 Å². The SMILES string of the molecule is N[C@H](CCO)c1c(Cl)cccc1C(F)(F)F. The van der Waals surface area contributed by atoms with Crippen LogP contribution in [-0.2, 0) is 6.18 Å². The lowest BCUT2D eigenvalue weighted by Gasteiger charge is -2.18. The third kappa shape index (κ3) is 2.87. The second kappa shape index (κ2) is 5.03. The standard InChI is InChI=1S/C10H11ClF3NO/c11-7-3-1-2-6(10(12,13)14)9(7)8(15)4-5-16/h1-3,8,16H,4-5,15H2/t8-/m1/s1. The summed E-state index contributed by atoms with van der Waals surface area (Å²) >= 11 is 5.70. The quantitative estimate of drug-likeness (QED) is 0.870. The highest BCUT2D eigenvalue weighted by Crippen LogP contribution is 2.38. The Balaban J connectivity index is 3.24. The van der Waals surface area contributed by atoms with Gasteiger partial charge in [0.2, 0.25) is 0 Å². The van der Waals surface area contributed by atoms with E-state index in [1.165, 1.54) is 12.1 Å². The first-order valence-electron chi connectivity index (χ1n) is 4.60. The Morgan fingerprint density at radius 2 is 2.00 bits per heavy atom. The Labute approximate surface area is 95.8 Å². The number of hydrogen-bond donors (Lipinski definition) is 2. The summed E-state index contributed by atoms with van der Waals surface area (Å²) in [4.78, 5) is 0. The average Bonchev–Trinajstić information content (AvgIpc) is 2.16. The van der Waals surface area contributed by atoms with Gasteiger partial charge in [0.15, 0.2) is 0 Å². The van der Waals surface area contributed by atoms with E-state index in [2.05, 4.69) is 0 Å². The van der Waals surface area contributed by atoms with Gasteiger partial charge in [-0.15, -0.1) is 0 Å². The average molecular weight is 254 g/mol. The second-order valence-corrected chi connectivity index (χ2v) is 3.72. The predicted octanol–water partition coefficient (Wildman–Crippen LogP) is 2.74. The number of hydrogen-bond acceptors (Lipinski definition) is 2. The largest absolute Gasteiger partial charge is 0.416 e. The zero-order valence-electron chi connectivity index (χ0n) is 8.26. The molecule has 0 radical (unpaired) electrons. The van der Waals surface area contributed by atoms with Gasteiger partial charge in [-0.1, -0.05) is 17.7 Å². The fourth-order valence-electron chi connectivity index (χ4n) is 1.44. The molecule has 0 bridgehead atoms. The van der Waals surface area contributed by atoms with E-state index in [1.807, 2.05) is 0 Å². The Morgan fingerprint density at radius 1 is 1.38 bits per heavy atom. The maximum absolute atomic E-state index is 12.7. The van der Waals surface area contributed by atoms with E-state index in [9.17, 15) is 13.2 Å². The molecule has 0 spiro atoms. The molecule has 16 heavy (non-hydrogen) atoms. The summed E-state index contributed by atoms with van der Waals surface area (Å²) in [5.41, 5.74) is 4.55. The molecule has 0 amide bonds. The van der Waals surface area contributed by atoms with Gasteiger partial charge >= 0.3 is 6.18 Å². The zero-order valence-corrected chi connectivity index (χ0v) is 9.02. The minimum atomic E-state index is -4.49. The van der Waals surface area contributed by atoms with Crippen LogP contribution in [0.5, 0.6) is 0 Å². The summed E-state index contributed by atoms with van der Waals surface area (Å²) < 4.78 is 38.0. The first-order valence-corrected chi connectivity index (χ1v) is 4.97. The normalized spacial score (nSPS) is 13.9. The first kappa shape index (κ1) is 13.3. The zero-order chi connectivity index (χ0) is 12.3. The molecule has 2 nitrogen and oxygen atoms in total. The van der Waals surface area contributed by atoms with E-state index >= 15 is 0 Å². The monoisotopic (exact) mass is 253 g/mol. The molecular weight excluding hydrogens is 243 g/mol. The van der Waals surface area contributed by atoms with Crippen molar-refractivity contribution in [3.8, 4) is 0 Å². The fourth-order valence-corrected chi connectivity index (χ4v) is 1.76. The molecule has 3 N–H and O–H groups in total. The summed E-state index contributed by atoms with van der Waals surface area (Å²) in [6.45, 7) is -0.288. The van der Waals surface area contributed by atoms with Crippen molar-refractivity contribution in [3.63, 3.8) is 0 Å². The van der Waals surface area contributed by atoms with Crippen LogP contribution in [0.3, 0.4) is 0 Å². The number of alkyl halides is 3. The summed E-state index contributed by atoms with van der Waals surface area (Å²) in [6, 6.07) is 2.58. The topological polar surface area (TPSA) is 46.2 Å². The van der Waals surface area contributed by atoms with Gasteiger partial charge in [-0.25, -0.2) is 0 Å². The van der Waals surface area contributed by atoms with Crippen molar-refractivity contribution in [1.29, 1.82) is 0 Å². The molecule has 1 rings (SSSR count). The van der Waals surface area contributed by atoms with Crippen LogP contribution in [0.15, 0.2) is 18.2 Å². The first-order chi connectivity index (χ1) is 7.38. The fraction of sp³-hybridized carbons (Fsp3) is 0.400. The number of aliphatic hydroxyl groups excluding tert-OH is 1. The highest BCUT2D eigenvalue weighted by molar-refractivity contribution is 6.31. The number of benzene rings is 1. The second-order valence-electron chi connectivity index (χ2n) is 3.32. The van der Waals surface area contributed by atoms with Crippen LogP contribution in [0.2, 0.25) is 5.02 Å². The lowest BCUT2D eigenvalue weighted by Crippen LogP contribution is -2.19. The van der Waals surface area contributed by atoms with Crippen LogP contribution in [0.25, 0.3) is 0 Å². The maximum atomic E-state index is 12.7. The third-order valence-electron chi connectivity index (χ3n) is 2.17. The lowest BCUT2D eigenvalue weighted by atomic mass is 9.98. The Morgan fingerprint density at radius 3 is 2.50 bits per heavy atom. The predicted molar refractivity (Wildman–Crippen MR) is 55.1 cm³/mol. The third-order valence-corrected chi connectivity index (χ3v) is 2.50. The molecule has 1 atom stereocenters. The van der Waals surface area contributed by atoms with Gasteiger partial charge in [0.1, 0.15) is 0 Å². The van der Waals surface area contributed by atoms with Crippen LogP contribution >= 0.6 is 11.6 Å². The molecule has 0 saturated heterocycles. The maximum Gasteiger partial charge on any atom is 0.416 e. The number of rotatable bonds is 3. The molecule has 0 aromatic heterocycles. The molecule has 90 valence electrons. The molecule has 0 aliphatic heterocycles. The van der Waals surface area contributed by atoms with E-state index < -0.39 is 17.8 Å². The molecule has 0 saturated carbocycles. The van der Waals surface area contributed by atoms with E-state index in [0.29, 0.717) is 0 Å². The van der Waals surface area contributed by atoms with Crippen molar-refractivity contribution in [1.82, 2.24) is 0 Å². The van der Waals surface area contributed by atoms with Crippen molar-refractivity contribution in [2.45, 2.75) is 18.6 Å². The summed E-state index contributed by atoms with van der Waals surface area (Å²) in [7, 11) is 0. The minimum absolute atomic E-state index is 0.0317.